The van der Waals surface area contributed by atoms with Crippen molar-refractivity contribution in [1.29, 1.82) is 0 Å². The molecule has 0 aliphatic rings. The predicted octanol–water partition coefficient (Wildman–Crippen LogP) is 1.06. The number of H-pyrrole nitrogens is 1. The van der Waals surface area contributed by atoms with Gasteiger partial charge in [0.05, 0.1) is 13.2 Å². The van der Waals surface area contributed by atoms with Crippen molar-refractivity contribution >= 4 is 16.8 Å². The van der Waals surface area contributed by atoms with Crippen LogP contribution in [0.3, 0.4) is 0 Å². The van der Waals surface area contributed by atoms with Gasteiger partial charge in [0.1, 0.15) is 0 Å². The maximum absolute atomic E-state index is 11.6. The Balaban J connectivity index is 1.71. The number of aromatic nitrogens is 1. The molecular formula is C15H21N3O2. The molecular weight excluding hydrogens is 254 g/mol. The number of carbonyl (C=O) groups excluding carboxylic acids is 1. The Hall–Kier alpha value is -1.85. The first kappa shape index (κ1) is 14.6. The Morgan fingerprint density at radius 2 is 2.15 bits per heavy atom. The zero-order valence-electron chi connectivity index (χ0n) is 11.7. The molecule has 20 heavy (non-hydrogen) atoms. The van der Waals surface area contributed by atoms with Crippen LogP contribution in [0.25, 0.3) is 10.9 Å². The molecule has 2 aromatic rings. The van der Waals surface area contributed by atoms with Gasteiger partial charge in [-0.2, -0.15) is 0 Å². The third-order valence-corrected chi connectivity index (χ3v) is 3.16. The van der Waals surface area contributed by atoms with E-state index in [4.69, 9.17) is 4.74 Å². The fraction of sp³-hybridized carbons (Fsp3) is 0.400. The van der Waals surface area contributed by atoms with E-state index in [1.807, 2.05) is 18.3 Å². The summed E-state index contributed by atoms with van der Waals surface area (Å²) in [6.45, 7) is 2.28. The van der Waals surface area contributed by atoms with Crippen LogP contribution in [0.15, 0.2) is 30.5 Å². The number of rotatable bonds is 8. The molecule has 0 saturated carbocycles. The van der Waals surface area contributed by atoms with E-state index in [0.717, 1.165) is 11.9 Å². The molecule has 0 unspecified atom stereocenters. The second-order valence-electron chi connectivity index (χ2n) is 4.63. The van der Waals surface area contributed by atoms with Crippen LogP contribution in [0.5, 0.6) is 0 Å². The van der Waals surface area contributed by atoms with Crippen molar-refractivity contribution in [3.63, 3.8) is 0 Å². The predicted molar refractivity (Wildman–Crippen MR) is 79.8 cm³/mol. The maximum Gasteiger partial charge on any atom is 0.233 e. The Morgan fingerprint density at radius 1 is 1.30 bits per heavy atom. The van der Waals surface area contributed by atoms with E-state index in [0.29, 0.717) is 26.2 Å². The first-order chi connectivity index (χ1) is 9.81. The van der Waals surface area contributed by atoms with Crippen LogP contribution < -0.4 is 10.6 Å². The highest BCUT2D eigenvalue weighted by Crippen LogP contribution is 2.17. The molecule has 1 aromatic carbocycles. The minimum Gasteiger partial charge on any atom is -0.383 e. The van der Waals surface area contributed by atoms with Crippen molar-refractivity contribution in [1.82, 2.24) is 15.6 Å². The maximum atomic E-state index is 11.6. The lowest BCUT2D eigenvalue weighted by atomic mass is 10.1. The quantitative estimate of drug-likeness (QED) is 0.631. The molecule has 0 bridgehead atoms. The Bertz CT molecular complexity index is 551. The van der Waals surface area contributed by atoms with E-state index >= 15 is 0 Å². The third-order valence-electron chi connectivity index (χ3n) is 3.16. The molecule has 3 N–H and O–H groups in total. The largest absolute Gasteiger partial charge is 0.383 e. The molecule has 0 aliphatic heterocycles. The highest BCUT2D eigenvalue weighted by Gasteiger charge is 2.04. The zero-order chi connectivity index (χ0) is 14.2. The van der Waals surface area contributed by atoms with Gasteiger partial charge in [-0.1, -0.05) is 18.2 Å². The van der Waals surface area contributed by atoms with E-state index in [-0.39, 0.29) is 5.91 Å². The molecule has 0 spiro atoms. The van der Waals surface area contributed by atoms with Gasteiger partial charge in [-0.15, -0.1) is 0 Å². The topological polar surface area (TPSA) is 66.2 Å². The van der Waals surface area contributed by atoms with Crippen molar-refractivity contribution < 1.29 is 9.53 Å². The molecule has 1 heterocycles. The fourth-order valence-electron chi connectivity index (χ4n) is 2.11. The van der Waals surface area contributed by atoms with E-state index in [1.54, 1.807) is 7.11 Å². The SMILES string of the molecule is COCCNCC(=O)NCCc1c[nH]c2ccccc12. The number of methoxy groups -OCH3 is 1. The average molecular weight is 275 g/mol. The van der Waals surface area contributed by atoms with E-state index in [1.165, 1.54) is 10.9 Å². The van der Waals surface area contributed by atoms with Gasteiger partial charge >= 0.3 is 0 Å². The molecule has 0 atom stereocenters. The number of aromatic amines is 1. The summed E-state index contributed by atoms with van der Waals surface area (Å²) in [4.78, 5) is 14.8. The lowest BCUT2D eigenvalue weighted by molar-refractivity contribution is -0.120. The Kier molecular flexibility index (Phi) is 5.58. The smallest absolute Gasteiger partial charge is 0.233 e. The molecule has 0 saturated heterocycles. The second-order valence-corrected chi connectivity index (χ2v) is 4.63. The molecule has 0 fully saturated rings. The fourth-order valence-corrected chi connectivity index (χ4v) is 2.11. The van der Waals surface area contributed by atoms with Crippen LogP contribution in [-0.2, 0) is 16.0 Å². The van der Waals surface area contributed by atoms with Crippen LogP contribution >= 0.6 is 0 Å². The van der Waals surface area contributed by atoms with Gasteiger partial charge in [-0.3, -0.25) is 4.79 Å². The molecule has 0 radical (unpaired) electrons. The van der Waals surface area contributed by atoms with Crippen molar-refractivity contribution in [3.8, 4) is 0 Å². The molecule has 108 valence electrons. The third kappa shape index (κ3) is 4.08. The number of hydrogen-bond donors (Lipinski definition) is 3. The van der Waals surface area contributed by atoms with Gasteiger partial charge < -0.3 is 20.4 Å². The number of ether oxygens (including phenoxy) is 1. The minimum absolute atomic E-state index is 0.0148. The minimum atomic E-state index is 0.0148. The summed E-state index contributed by atoms with van der Waals surface area (Å²) in [5.74, 6) is 0.0148. The summed E-state index contributed by atoms with van der Waals surface area (Å²) >= 11 is 0. The van der Waals surface area contributed by atoms with Gasteiger partial charge in [0.15, 0.2) is 0 Å². The second kappa shape index (κ2) is 7.67. The van der Waals surface area contributed by atoms with Crippen molar-refractivity contribution in [3.05, 3.63) is 36.0 Å². The number of para-hydroxylation sites is 1. The first-order valence-corrected chi connectivity index (χ1v) is 6.82. The standard InChI is InChI=1S/C15H21N3O2/c1-20-9-8-16-11-15(19)17-7-6-12-10-18-14-5-3-2-4-13(12)14/h2-5,10,16,18H,6-9,11H2,1H3,(H,17,19). The first-order valence-electron chi connectivity index (χ1n) is 6.82. The molecule has 5 nitrogen and oxygen atoms in total. The Labute approximate surface area is 118 Å². The van der Waals surface area contributed by atoms with Gasteiger partial charge in [0.2, 0.25) is 5.91 Å². The van der Waals surface area contributed by atoms with E-state index in [9.17, 15) is 4.79 Å². The molecule has 2 rings (SSSR count). The van der Waals surface area contributed by atoms with Crippen molar-refractivity contribution in [2.24, 2.45) is 0 Å². The average Bonchev–Trinajstić information content (AvgIpc) is 2.87. The number of carbonyl (C=O) groups is 1. The highest BCUT2D eigenvalue weighted by atomic mass is 16.5. The molecule has 1 aromatic heterocycles. The zero-order valence-corrected chi connectivity index (χ0v) is 11.7. The van der Waals surface area contributed by atoms with Crippen molar-refractivity contribution in [2.75, 3.05) is 33.4 Å². The van der Waals surface area contributed by atoms with Crippen LogP contribution in [0, 0.1) is 0 Å². The van der Waals surface area contributed by atoms with Gasteiger partial charge in [-0.05, 0) is 18.1 Å². The molecule has 1 amide bonds. The summed E-state index contributed by atoms with van der Waals surface area (Å²) in [6, 6.07) is 8.18. The van der Waals surface area contributed by atoms with Crippen LogP contribution in [0.1, 0.15) is 5.56 Å². The van der Waals surface area contributed by atoms with E-state index < -0.39 is 0 Å². The number of hydrogen-bond acceptors (Lipinski definition) is 3. The molecule has 0 aliphatic carbocycles. The lowest BCUT2D eigenvalue weighted by Gasteiger charge is -2.06. The van der Waals surface area contributed by atoms with Crippen LogP contribution in [0.4, 0.5) is 0 Å². The lowest BCUT2D eigenvalue weighted by Crippen LogP contribution is -2.36. The number of nitrogens with one attached hydrogen (secondary N) is 3. The monoisotopic (exact) mass is 275 g/mol. The van der Waals surface area contributed by atoms with Gasteiger partial charge in [-0.25, -0.2) is 0 Å². The number of amides is 1. The van der Waals surface area contributed by atoms with E-state index in [2.05, 4.69) is 27.8 Å². The molecule has 5 heteroatoms. The van der Waals surface area contributed by atoms with Crippen LogP contribution in [0.2, 0.25) is 0 Å². The number of benzene rings is 1. The van der Waals surface area contributed by atoms with Gasteiger partial charge in [0, 0.05) is 37.3 Å². The highest BCUT2D eigenvalue weighted by molar-refractivity contribution is 5.83. The number of fused-ring (bicyclic) bond motifs is 1. The summed E-state index contributed by atoms with van der Waals surface area (Å²) in [6.07, 6.45) is 2.83. The Morgan fingerprint density at radius 3 is 3.00 bits per heavy atom. The summed E-state index contributed by atoms with van der Waals surface area (Å²) in [7, 11) is 1.64. The van der Waals surface area contributed by atoms with Crippen molar-refractivity contribution in [2.45, 2.75) is 6.42 Å². The summed E-state index contributed by atoms with van der Waals surface area (Å²) in [5, 5.41) is 7.14. The van der Waals surface area contributed by atoms with Crippen LogP contribution in [-0.4, -0.2) is 44.2 Å². The summed E-state index contributed by atoms with van der Waals surface area (Å²) in [5.41, 5.74) is 2.36. The normalized spacial score (nSPS) is 10.8. The summed E-state index contributed by atoms with van der Waals surface area (Å²) < 4.78 is 4.90. The van der Waals surface area contributed by atoms with Gasteiger partial charge in [0.25, 0.3) is 0 Å².